The van der Waals surface area contributed by atoms with Gasteiger partial charge in [0.1, 0.15) is 17.4 Å². The molecule has 0 aliphatic carbocycles. The molecule has 2 N–H and O–H groups in total. The third-order valence-corrected chi connectivity index (χ3v) is 5.73. The molecular formula is C26H21Br2N3O3. The summed E-state index contributed by atoms with van der Waals surface area (Å²) in [5.74, 6) is -0.508. The highest BCUT2D eigenvalue weighted by Crippen LogP contribution is 2.34. The van der Waals surface area contributed by atoms with Gasteiger partial charge in [0.2, 0.25) is 0 Å². The van der Waals surface area contributed by atoms with Crippen molar-refractivity contribution in [3.63, 3.8) is 0 Å². The SMILES string of the molecule is Cc1ccc(NC(=O)COc2c(Br)cc(Br)cc2/C=C(\C#N)C(=O)NCc2ccccc2)cc1. The van der Waals surface area contributed by atoms with Crippen LogP contribution in [0.15, 0.2) is 81.2 Å². The van der Waals surface area contributed by atoms with Crippen molar-refractivity contribution in [3.8, 4) is 11.8 Å². The van der Waals surface area contributed by atoms with Crippen LogP contribution in [0, 0.1) is 18.3 Å². The van der Waals surface area contributed by atoms with Crippen LogP contribution in [-0.2, 0) is 16.1 Å². The Morgan fingerprint density at radius 3 is 2.44 bits per heavy atom. The lowest BCUT2D eigenvalue weighted by Crippen LogP contribution is -2.24. The van der Waals surface area contributed by atoms with E-state index in [9.17, 15) is 14.9 Å². The normalized spacial score (nSPS) is 10.8. The zero-order valence-corrected chi connectivity index (χ0v) is 21.4. The summed E-state index contributed by atoms with van der Waals surface area (Å²) in [5, 5.41) is 15.1. The van der Waals surface area contributed by atoms with E-state index in [0.717, 1.165) is 11.1 Å². The predicted octanol–water partition coefficient (Wildman–Crippen LogP) is 5.76. The molecule has 6 nitrogen and oxygen atoms in total. The summed E-state index contributed by atoms with van der Waals surface area (Å²) in [6, 6.07) is 22.2. The molecule has 0 heterocycles. The second-order valence-corrected chi connectivity index (χ2v) is 9.12. The first-order valence-corrected chi connectivity index (χ1v) is 11.9. The lowest BCUT2D eigenvalue weighted by Gasteiger charge is -2.13. The number of carbonyl (C=O) groups excluding carboxylic acids is 2. The summed E-state index contributed by atoms with van der Waals surface area (Å²) in [4.78, 5) is 25.0. The molecule has 0 atom stereocenters. The van der Waals surface area contributed by atoms with Gasteiger partial charge in [-0.3, -0.25) is 9.59 Å². The van der Waals surface area contributed by atoms with Crippen LogP contribution in [0.2, 0.25) is 0 Å². The number of nitriles is 1. The number of halogens is 2. The monoisotopic (exact) mass is 581 g/mol. The standard InChI is InChI=1S/C26H21Br2N3O3/c1-17-7-9-22(10-8-17)31-24(32)16-34-25-19(12-21(27)13-23(25)28)11-20(14-29)26(33)30-15-18-5-3-2-4-6-18/h2-13H,15-16H2,1H3,(H,30,33)(H,31,32)/b20-11+. The summed E-state index contributed by atoms with van der Waals surface area (Å²) in [6.45, 7) is 2.01. The highest BCUT2D eigenvalue weighted by Gasteiger charge is 2.15. The van der Waals surface area contributed by atoms with Crippen molar-refractivity contribution in [3.05, 3.63) is 97.9 Å². The average Bonchev–Trinajstić information content (AvgIpc) is 2.82. The quantitative estimate of drug-likeness (QED) is 0.261. The van der Waals surface area contributed by atoms with Crippen LogP contribution in [0.4, 0.5) is 5.69 Å². The molecule has 0 radical (unpaired) electrons. The molecule has 0 bridgehead atoms. The molecule has 0 aliphatic heterocycles. The highest BCUT2D eigenvalue weighted by molar-refractivity contribution is 9.11. The molecule has 0 aliphatic rings. The van der Waals surface area contributed by atoms with Crippen LogP contribution in [0.1, 0.15) is 16.7 Å². The Labute approximate surface area is 214 Å². The molecule has 3 aromatic rings. The van der Waals surface area contributed by atoms with Crippen molar-refractivity contribution >= 4 is 55.4 Å². The van der Waals surface area contributed by atoms with Crippen molar-refractivity contribution in [1.82, 2.24) is 5.32 Å². The Hall–Kier alpha value is -3.41. The maximum Gasteiger partial charge on any atom is 0.262 e. The van der Waals surface area contributed by atoms with Crippen molar-refractivity contribution in [2.24, 2.45) is 0 Å². The minimum atomic E-state index is -0.509. The van der Waals surface area contributed by atoms with Gasteiger partial charge in [0.15, 0.2) is 6.61 Å². The number of aryl methyl sites for hydroxylation is 1. The zero-order valence-electron chi connectivity index (χ0n) is 18.3. The topological polar surface area (TPSA) is 91.2 Å². The van der Waals surface area contributed by atoms with Gasteiger partial charge in [-0.15, -0.1) is 0 Å². The fraction of sp³-hybridized carbons (Fsp3) is 0.115. The van der Waals surface area contributed by atoms with Crippen LogP contribution in [0.25, 0.3) is 6.08 Å². The number of hydrogen-bond acceptors (Lipinski definition) is 4. The van der Waals surface area contributed by atoms with Gasteiger partial charge in [-0.05, 0) is 58.8 Å². The Kier molecular flexibility index (Phi) is 9.02. The lowest BCUT2D eigenvalue weighted by molar-refractivity contribution is -0.118. The van der Waals surface area contributed by atoms with E-state index in [0.29, 0.717) is 32.5 Å². The minimum Gasteiger partial charge on any atom is -0.482 e. The maximum absolute atomic E-state index is 12.6. The summed E-state index contributed by atoms with van der Waals surface area (Å²) >= 11 is 6.84. The predicted molar refractivity (Wildman–Crippen MR) is 139 cm³/mol. The van der Waals surface area contributed by atoms with E-state index in [4.69, 9.17) is 4.74 Å². The number of carbonyl (C=O) groups is 2. The molecular weight excluding hydrogens is 562 g/mol. The maximum atomic E-state index is 12.6. The number of hydrogen-bond donors (Lipinski definition) is 2. The Bertz CT molecular complexity index is 1250. The smallest absolute Gasteiger partial charge is 0.262 e. The molecule has 0 aromatic heterocycles. The Morgan fingerprint density at radius 2 is 1.76 bits per heavy atom. The van der Waals surface area contributed by atoms with Crippen molar-refractivity contribution in [1.29, 1.82) is 5.26 Å². The number of ether oxygens (including phenoxy) is 1. The average molecular weight is 583 g/mol. The van der Waals surface area contributed by atoms with Crippen LogP contribution in [-0.4, -0.2) is 18.4 Å². The minimum absolute atomic E-state index is 0.0881. The van der Waals surface area contributed by atoms with Gasteiger partial charge in [-0.1, -0.05) is 64.0 Å². The van der Waals surface area contributed by atoms with Gasteiger partial charge in [0.25, 0.3) is 11.8 Å². The van der Waals surface area contributed by atoms with E-state index >= 15 is 0 Å². The molecule has 172 valence electrons. The molecule has 2 amide bonds. The summed E-state index contributed by atoms with van der Waals surface area (Å²) in [5.41, 5.74) is 3.05. The molecule has 8 heteroatoms. The Morgan fingerprint density at radius 1 is 1.06 bits per heavy atom. The number of rotatable bonds is 8. The van der Waals surface area contributed by atoms with Crippen LogP contribution in [0.3, 0.4) is 0 Å². The van der Waals surface area contributed by atoms with E-state index in [2.05, 4.69) is 42.5 Å². The summed E-state index contributed by atoms with van der Waals surface area (Å²) < 4.78 is 7.05. The van der Waals surface area contributed by atoms with Crippen LogP contribution < -0.4 is 15.4 Å². The largest absolute Gasteiger partial charge is 0.482 e. The molecule has 0 unspecified atom stereocenters. The van der Waals surface area contributed by atoms with Gasteiger partial charge in [-0.25, -0.2) is 0 Å². The van der Waals surface area contributed by atoms with Crippen molar-refractivity contribution in [2.75, 3.05) is 11.9 Å². The van der Waals surface area contributed by atoms with Gasteiger partial charge in [0, 0.05) is 22.3 Å². The molecule has 0 spiro atoms. The zero-order chi connectivity index (χ0) is 24.5. The summed E-state index contributed by atoms with van der Waals surface area (Å²) in [7, 11) is 0. The van der Waals surface area contributed by atoms with E-state index in [1.165, 1.54) is 6.08 Å². The van der Waals surface area contributed by atoms with E-state index < -0.39 is 5.91 Å². The van der Waals surface area contributed by atoms with Gasteiger partial charge in [-0.2, -0.15) is 5.26 Å². The second-order valence-electron chi connectivity index (χ2n) is 7.35. The first-order valence-electron chi connectivity index (χ1n) is 10.3. The highest BCUT2D eigenvalue weighted by atomic mass is 79.9. The van der Waals surface area contributed by atoms with Crippen LogP contribution >= 0.6 is 31.9 Å². The van der Waals surface area contributed by atoms with Gasteiger partial charge >= 0.3 is 0 Å². The molecule has 3 rings (SSSR count). The number of amides is 2. The van der Waals surface area contributed by atoms with E-state index in [1.807, 2.05) is 67.6 Å². The third-order valence-electron chi connectivity index (χ3n) is 4.68. The first-order chi connectivity index (χ1) is 16.4. The number of anilines is 1. The van der Waals surface area contributed by atoms with Crippen LogP contribution in [0.5, 0.6) is 5.75 Å². The third kappa shape index (κ3) is 7.30. The second kappa shape index (κ2) is 12.2. The van der Waals surface area contributed by atoms with E-state index in [1.54, 1.807) is 12.1 Å². The number of nitrogens with zero attached hydrogens (tertiary/aromatic N) is 1. The lowest BCUT2D eigenvalue weighted by atomic mass is 10.1. The van der Waals surface area contributed by atoms with Gasteiger partial charge < -0.3 is 15.4 Å². The van der Waals surface area contributed by atoms with Crippen molar-refractivity contribution < 1.29 is 14.3 Å². The molecule has 34 heavy (non-hydrogen) atoms. The Balaban J connectivity index is 1.74. The van der Waals surface area contributed by atoms with Gasteiger partial charge in [0.05, 0.1) is 4.47 Å². The van der Waals surface area contributed by atoms with Crippen molar-refractivity contribution in [2.45, 2.75) is 13.5 Å². The van der Waals surface area contributed by atoms with E-state index in [-0.39, 0.29) is 18.1 Å². The number of nitrogens with one attached hydrogen (secondary N) is 2. The molecule has 0 saturated carbocycles. The number of benzene rings is 3. The molecule has 0 fully saturated rings. The fourth-order valence-electron chi connectivity index (χ4n) is 2.99. The molecule has 0 saturated heterocycles. The summed E-state index contributed by atoms with van der Waals surface area (Å²) in [6.07, 6.45) is 1.43. The molecule has 3 aromatic carbocycles. The first kappa shape index (κ1) is 25.2. The fourth-order valence-corrected chi connectivity index (χ4v) is 4.36.